The molecule has 5 rings (SSSR count). The molecule has 0 radical (unpaired) electrons. The van der Waals surface area contributed by atoms with E-state index in [0.29, 0.717) is 26.1 Å². The Kier molecular flexibility index (Phi) is 6.26. The zero-order valence-corrected chi connectivity index (χ0v) is 19.1. The average Bonchev–Trinajstić information content (AvgIpc) is 3.34. The van der Waals surface area contributed by atoms with Crippen LogP contribution in [-0.2, 0) is 14.3 Å². The van der Waals surface area contributed by atoms with Crippen molar-refractivity contribution in [3.05, 3.63) is 59.7 Å². The van der Waals surface area contributed by atoms with Crippen molar-refractivity contribution >= 4 is 18.0 Å². The van der Waals surface area contributed by atoms with E-state index >= 15 is 0 Å². The van der Waals surface area contributed by atoms with Gasteiger partial charge in [0.15, 0.2) is 0 Å². The molecule has 1 aliphatic heterocycles. The Balaban J connectivity index is 1.07. The number of rotatable bonds is 8. The Morgan fingerprint density at radius 3 is 2.38 bits per heavy atom. The fourth-order valence-corrected chi connectivity index (χ4v) is 5.47. The zero-order valence-electron chi connectivity index (χ0n) is 19.1. The quantitative estimate of drug-likeness (QED) is 0.621. The Labute approximate surface area is 199 Å². The van der Waals surface area contributed by atoms with Crippen LogP contribution < -0.4 is 5.32 Å². The summed E-state index contributed by atoms with van der Waals surface area (Å²) in [5.74, 6) is -0.254. The molecular weight excluding hydrogens is 432 g/mol. The lowest BCUT2D eigenvalue weighted by atomic mass is 9.98. The number of fused-ring (bicyclic) bond motifs is 3. The van der Waals surface area contributed by atoms with Crippen molar-refractivity contribution < 1.29 is 24.2 Å². The highest BCUT2D eigenvalue weighted by Gasteiger charge is 2.46. The molecule has 34 heavy (non-hydrogen) atoms. The standard InChI is InChI=1S/C27H30N2O5/c30-25(31)10-9-17-11-12-29(15-17)26(32)23-13-18(23)14-28-27(33)34-16-24-21-7-3-1-5-19(21)20-6-2-4-8-22(20)24/h1-8,17-18,23-24H,9-16H2,(H,28,33)(H,30,31). The van der Waals surface area contributed by atoms with Gasteiger partial charge in [0.1, 0.15) is 6.61 Å². The molecule has 2 N–H and O–H groups in total. The van der Waals surface area contributed by atoms with Crippen LogP contribution in [0.15, 0.2) is 48.5 Å². The van der Waals surface area contributed by atoms with Crippen molar-refractivity contribution in [2.24, 2.45) is 17.8 Å². The van der Waals surface area contributed by atoms with Crippen LogP contribution in [-0.4, -0.2) is 54.2 Å². The normalized spacial score (nSPS) is 22.7. The molecule has 0 bridgehead atoms. The molecule has 3 aliphatic rings. The van der Waals surface area contributed by atoms with Crippen molar-refractivity contribution in [3.8, 4) is 11.1 Å². The fourth-order valence-electron chi connectivity index (χ4n) is 5.47. The van der Waals surface area contributed by atoms with Crippen LogP contribution in [0.5, 0.6) is 0 Å². The molecule has 1 saturated heterocycles. The number of carboxylic acids is 1. The van der Waals surface area contributed by atoms with E-state index in [2.05, 4.69) is 29.6 Å². The summed E-state index contributed by atoms with van der Waals surface area (Å²) in [5, 5.41) is 11.7. The van der Waals surface area contributed by atoms with Crippen molar-refractivity contribution in [1.82, 2.24) is 10.2 Å². The van der Waals surface area contributed by atoms with E-state index in [1.165, 1.54) is 22.3 Å². The number of hydrogen-bond acceptors (Lipinski definition) is 4. The van der Waals surface area contributed by atoms with Crippen LogP contribution in [0, 0.1) is 17.8 Å². The minimum Gasteiger partial charge on any atom is -0.481 e. The highest BCUT2D eigenvalue weighted by atomic mass is 16.5. The Bertz CT molecular complexity index is 1050. The second kappa shape index (κ2) is 9.49. The number of amides is 2. The number of aliphatic carboxylic acids is 1. The molecule has 2 amide bonds. The third kappa shape index (κ3) is 4.65. The number of nitrogens with one attached hydrogen (secondary N) is 1. The predicted octanol–water partition coefficient (Wildman–Crippen LogP) is 3.87. The van der Waals surface area contributed by atoms with E-state index in [0.717, 1.165) is 12.8 Å². The molecule has 1 saturated carbocycles. The average molecular weight is 463 g/mol. The summed E-state index contributed by atoms with van der Waals surface area (Å²) in [4.78, 5) is 37.8. The first-order valence-corrected chi connectivity index (χ1v) is 12.1. The first-order valence-electron chi connectivity index (χ1n) is 12.1. The second-order valence-corrected chi connectivity index (χ2v) is 9.68. The topological polar surface area (TPSA) is 95.9 Å². The van der Waals surface area contributed by atoms with E-state index in [-0.39, 0.29) is 42.6 Å². The maximum Gasteiger partial charge on any atom is 0.407 e. The van der Waals surface area contributed by atoms with Crippen molar-refractivity contribution in [2.45, 2.75) is 31.6 Å². The number of carboxylic acid groups (broad SMARTS) is 1. The second-order valence-electron chi connectivity index (χ2n) is 9.68. The van der Waals surface area contributed by atoms with Crippen molar-refractivity contribution in [3.63, 3.8) is 0 Å². The number of benzene rings is 2. The van der Waals surface area contributed by atoms with E-state index < -0.39 is 12.1 Å². The maximum atomic E-state index is 12.7. The zero-order chi connectivity index (χ0) is 23.7. The molecule has 1 heterocycles. The SMILES string of the molecule is O=C(O)CCC1CCN(C(=O)C2CC2CNC(=O)OCC2c3ccccc3-c3ccccc32)C1. The summed E-state index contributed by atoms with van der Waals surface area (Å²) in [6.07, 6.45) is 1.97. The van der Waals surface area contributed by atoms with Gasteiger partial charge in [-0.1, -0.05) is 48.5 Å². The van der Waals surface area contributed by atoms with Gasteiger partial charge in [-0.15, -0.1) is 0 Å². The molecule has 178 valence electrons. The lowest BCUT2D eigenvalue weighted by Crippen LogP contribution is -2.32. The van der Waals surface area contributed by atoms with Crippen molar-refractivity contribution in [1.29, 1.82) is 0 Å². The van der Waals surface area contributed by atoms with Crippen molar-refractivity contribution in [2.75, 3.05) is 26.2 Å². The van der Waals surface area contributed by atoms with Crippen LogP contribution in [0.4, 0.5) is 4.79 Å². The van der Waals surface area contributed by atoms with Gasteiger partial charge in [-0.05, 0) is 53.4 Å². The van der Waals surface area contributed by atoms with E-state index in [1.807, 2.05) is 29.2 Å². The third-order valence-corrected chi connectivity index (χ3v) is 7.46. The number of nitrogens with zero attached hydrogens (tertiary/aromatic N) is 1. The largest absolute Gasteiger partial charge is 0.481 e. The molecular formula is C27H30N2O5. The van der Waals surface area contributed by atoms with Gasteiger partial charge in [0.05, 0.1) is 0 Å². The molecule has 2 aliphatic carbocycles. The van der Waals surface area contributed by atoms with Gasteiger partial charge >= 0.3 is 12.1 Å². The smallest absolute Gasteiger partial charge is 0.407 e. The van der Waals surface area contributed by atoms with E-state index in [1.54, 1.807) is 0 Å². The lowest BCUT2D eigenvalue weighted by molar-refractivity contribution is -0.137. The number of carbonyl (C=O) groups is 3. The van der Waals surface area contributed by atoms with Gasteiger partial charge in [-0.2, -0.15) is 0 Å². The molecule has 3 unspecified atom stereocenters. The Morgan fingerprint density at radius 1 is 1.03 bits per heavy atom. The number of alkyl carbamates (subject to hydrolysis) is 1. The minimum absolute atomic E-state index is 0.0256. The van der Waals surface area contributed by atoms with Gasteiger partial charge in [-0.3, -0.25) is 9.59 Å². The first-order chi connectivity index (χ1) is 16.5. The van der Waals surface area contributed by atoms with Gasteiger partial charge < -0.3 is 20.1 Å². The molecule has 2 fully saturated rings. The first kappa shape index (κ1) is 22.4. The van der Waals surface area contributed by atoms with Gasteiger partial charge in [0.25, 0.3) is 0 Å². The molecule has 7 nitrogen and oxygen atoms in total. The Hall–Kier alpha value is -3.35. The van der Waals surface area contributed by atoms with Crippen LogP contribution in [0.2, 0.25) is 0 Å². The molecule has 0 aromatic heterocycles. The summed E-state index contributed by atoms with van der Waals surface area (Å²) in [6, 6.07) is 16.5. The predicted molar refractivity (Wildman–Crippen MR) is 126 cm³/mol. The van der Waals surface area contributed by atoms with Crippen LogP contribution >= 0.6 is 0 Å². The molecule has 2 aromatic carbocycles. The molecule has 2 aromatic rings. The monoisotopic (exact) mass is 462 g/mol. The highest BCUT2D eigenvalue weighted by molar-refractivity contribution is 5.82. The van der Waals surface area contributed by atoms with Crippen LogP contribution in [0.3, 0.4) is 0 Å². The summed E-state index contributed by atoms with van der Waals surface area (Å²) in [6.45, 7) is 2.06. The van der Waals surface area contributed by atoms with E-state index in [4.69, 9.17) is 9.84 Å². The summed E-state index contributed by atoms with van der Waals surface area (Å²) in [7, 11) is 0. The lowest BCUT2D eigenvalue weighted by Gasteiger charge is -2.17. The van der Waals surface area contributed by atoms with Gasteiger partial charge in [0, 0.05) is 37.9 Å². The van der Waals surface area contributed by atoms with E-state index in [9.17, 15) is 14.4 Å². The third-order valence-electron chi connectivity index (χ3n) is 7.46. The fraction of sp³-hybridized carbons (Fsp3) is 0.444. The van der Waals surface area contributed by atoms with Crippen LogP contribution in [0.25, 0.3) is 11.1 Å². The molecule has 0 spiro atoms. The summed E-state index contributed by atoms with van der Waals surface area (Å²) in [5.41, 5.74) is 4.74. The summed E-state index contributed by atoms with van der Waals surface area (Å²) < 4.78 is 5.58. The number of hydrogen-bond donors (Lipinski definition) is 2. The number of carbonyl (C=O) groups excluding carboxylic acids is 2. The molecule has 7 heteroatoms. The number of likely N-dealkylation sites (tertiary alicyclic amines) is 1. The highest BCUT2D eigenvalue weighted by Crippen LogP contribution is 2.44. The maximum absolute atomic E-state index is 12.7. The van der Waals surface area contributed by atoms with Crippen LogP contribution in [0.1, 0.15) is 42.7 Å². The molecule has 3 atom stereocenters. The Morgan fingerprint density at radius 2 is 1.71 bits per heavy atom. The summed E-state index contributed by atoms with van der Waals surface area (Å²) >= 11 is 0. The number of ether oxygens (including phenoxy) is 1. The van der Waals surface area contributed by atoms with Gasteiger partial charge in [0.2, 0.25) is 5.91 Å². The minimum atomic E-state index is -0.786. The van der Waals surface area contributed by atoms with Gasteiger partial charge in [-0.25, -0.2) is 4.79 Å².